The topological polar surface area (TPSA) is 215 Å². The van der Waals surface area contributed by atoms with Gasteiger partial charge in [0.1, 0.15) is 11.1 Å². The Morgan fingerprint density at radius 2 is 1.31 bits per heavy atom. The van der Waals surface area contributed by atoms with Crippen LogP contribution in [0.2, 0.25) is 0 Å². The molecule has 142 valence electrons. The number of aromatic nitrogens is 2. The molecule has 0 aliphatic heterocycles. The van der Waals surface area contributed by atoms with E-state index >= 15 is 0 Å². The number of rotatable bonds is 3. The Bertz CT molecular complexity index is 583. The first-order valence-electron chi connectivity index (χ1n) is 5.45. The molecule has 1 rings (SSSR count). The third-order valence-corrected chi connectivity index (χ3v) is 3.14. The molecule has 0 radical (unpaired) electrons. The van der Waals surface area contributed by atoms with Gasteiger partial charge >= 0.3 is 0 Å². The quantitative estimate of drug-likeness (QED) is 0.548. The number of nitriles is 6. The minimum atomic E-state index is -4.04. The zero-order valence-corrected chi connectivity index (χ0v) is 15.9. The molecule has 1 unspecified atom stereocenters. The third-order valence-electron chi connectivity index (χ3n) is 1.88. The van der Waals surface area contributed by atoms with Gasteiger partial charge < -0.3 is 4.57 Å². The molecule has 26 heavy (non-hydrogen) atoms. The summed E-state index contributed by atoms with van der Waals surface area (Å²) >= 11 is 0. The zero-order valence-electron chi connectivity index (χ0n) is 14.0. The van der Waals surface area contributed by atoms with Crippen LogP contribution in [0.15, 0.2) is 12.4 Å². The van der Waals surface area contributed by atoms with Crippen LogP contribution < -0.4 is 0 Å². The molecule has 1 N–H and O–H groups in total. The Hall–Kier alpha value is -3.42. The van der Waals surface area contributed by atoms with Gasteiger partial charge in [0, 0.05) is 75.9 Å². The maximum Gasteiger partial charge on any atom is 0.275 e. The van der Waals surface area contributed by atoms with Crippen LogP contribution in [0.5, 0.6) is 0 Å². The predicted octanol–water partition coefficient (Wildman–Crippen LogP) is 1.60. The Kier molecular flexibility index (Phi) is 62.7. The maximum absolute atomic E-state index is 10.9. The largest absolute Gasteiger partial charge is 0.337 e. The van der Waals surface area contributed by atoms with Crippen LogP contribution >= 0.6 is 0 Å². The van der Waals surface area contributed by atoms with E-state index in [0.29, 0.717) is 12.2 Å². The van der Waals surface area contributed by atoms with Gasteiger partial charge in [-0.25, -0.2) is 36.6 Å². The molecule has 0 fully saturated rings. The standard InChI is InChI=1S/C7H12N2O3S.6CHN.Fe/c1-3-6(13(10,11)12)7-8-4-5-9(7)2;6*1-2;/h4-6H,3H2,1-2H3,(H,10,11,12);6*1H;. The van der Waals surface area contributed by atoms with E-state index in [1.54, 1.807) is 24.7 Å². The van der Waals surface area contributed by atoms with Crippen molar-refractivity contribution in [2.24, 2.45) is 7.05 Å². The van der Waals surface area contributed by atoms with Crippen LogP contribution in [0.3, 0.4) is 0 Å². The second-order valence-corrected chi connectivity index (χ2v) is 4.41. The van der Waals surface area contributed by atoms with Crippen LogP contribution in [-0.2, 0) is 34.2 Å². The first kappa shape index (κ1) is 43.3. The van der Waals surface area contributed by atoms with Crippen molar-refractivity contribution in [2.45, 2.75) is 18.6 Å². The van der Waals surface area contributed by atoms with Crippen molar-refractivity contribution in [3.8, 4) is 39.4 Å². The van der Waals surface area contributed by atoms with Crippen molar-refractivity contribution in [1.82, 2.24) is 9.55 Å². The smallest absolute Gasteiger partial charge is 0.275 e. The molecule has 0 aromatic carbocycles. The predicted molar refractivity (Wildman–Crippen MR) is 87.8 cm³/mol. The molecule has 1 heterocycles. The summed E-state index contributed by atoms with van der Waals surface area (Å²) < 4.78 is 32.3. The first-order chi connectivity index (χ1) is 12.0. The van der Waals surface area contributed by atoms with Gasteiger partial charge in [-0.3, -0.25) is 4.55 Å². The van der Waals surface area contributed by atoms with Gasteiger partial charge in [0.05, 0.1) is 0 Å². The van der Waals surface area contributed by atoms with Crippen molar-refractivity contribution in [3.63, 3.8) is 0 Å². The Balaban J connectivity index is -0.0000000475. The number of imidazole rings is 1. The third kappa shape index (κ3) is 22.9. The molecule has 0 saturated heterocycles. The molecule has 0 amide bonds. The molecule has 1 atom stereocenters. The summed E-state index contributed by atoms with van der Waals surface area (Å²) in [6, 6.07) is 0. The van der Waals surface area contributed by atoms with Crippen molar-refractivity contribution < 1.29 is 30.0 Å². The number of hydrogen-bond acceptors (Lipinski definition) is 9. The van der Waals surface area contributed by atoms with E-state index in [0.717, 1.165) is 0 Å². The van der Waals surface area contributed by atoms with Crippen LogP contribution in [0, 0.1) is 71.0 Å². The minimum absolute atomic E-state index is 0. The number of hydrogen-bond donors (Lipinski definition) is 1. The fourth-order valence-corrected chi connectivity index (χ4v) is 2.13. The van der Waals surface area contributed by atoms with Crippen LogP contribution in [0.4, 0.5) is 0 Å². The van der Waals surface area contributed by atoms with Crippen molar-refractivity contribution in [2.75, 3.05) is 0 Å². The summed E-state index contributed by atoms with van der Waals surface area (Å²) in [6.45, 7) is 22.7. The van der Waals surface area contributed by atoms with Crippen LogP contribution in [0.1, 0.15) is 24.4 Å². The molecular weight excluding hydrogens is 404 g/mol. The summed E-state index contributed by atoms with van der Waals surface area (Å²) in [5, 5.41) is 38.1. The van der Waals surface area contributed by atoms with Crippen LogP contribution in [-0.4, -0.2) is 22.5 Å². The number of nitrogens with zero attached hydrogens (tertiary/aromatic N) is 8. The Morgan fingerprint density at radius 1 is 1.00 bits per heavy atom. The van der Waals surface area contributed by atoms with Gasteiger partial charge in [-0.15, -0.1) is 0 Å². The molecule has 0 spiro atoms. The van der Waals surface area contributed by atoms with Gasteiger partial charge in [0.25, 0.3) is 10.1 Å². The molecule has 0 aliphatic rings. The minimum Gasteiger partial charge on any atom is -0.337 e. The normalized spacial score (nSPS) is 7.65. The van der Waals surface area contributed by atoms with Crippen LogP contribution in [0.25, 0.3) is 0 Å². The van der Waals surface area contributed by atoms with E-state index < -0.39 is 15.4 Å². The molecule has 0 bridgehead atoms. The van der Waals surface area contributed by atoms with E-state index in [1.165, 1.54) is 6.20 Å². The fourth-order valence-electron chi connectivity index (χ4n) is 1.21. The molecule has 0 saturated carbocycles. The summed E-state index contributed by atoms with van der Waals surface area (Å²) in [6.07, 6.45) is 3.45. The molecule has 11 nitrogen and oxygen atoms in total. The van der Waals surface area contributed by atoms with Crippen molar-refractivity contribution >= 4 is 10.1 Å². The molecule has 13 heteroatoms. The second-order valence-electron chi connectivity index (χ2n) is 2.81. The van der Waals surface area contributed by atoms with E-state index in [1.807, 2.05) is 0 Å². The van der Waals surface area contributed by atoms with E-state index in [-0.39, 0.29) is 17.1 Å². The van der Waals surface area contributed by atoms with Crippen molar-refractivity contribution in [1.29, 1.82) is 31.6 Å². The first-order valence-corrected chi connectivity index (χ1v) is 6.95. The van der Waals surface area contributed by atoms with E-state index in [9.17, 15) is 8.42 Å². The molecule has 1 aromatic rings. The molecular formula is C13H18FeN8O3S. The SMILES string of the molecule is C#N.C#N.C#N.C#N.C#N.C#N.CCC(c1nccn1C)S(=O)(=O)O.[Fe]. The van der Waals surface area contributed by atoms with Crippen molar-refractivity contribution in [3.05, 3.63) is 18.2 Å². The summed E-state index contributed by atoms with van der Waals surface area (Å²) in [4.78, 5) is 3.88. The zero-order chi connectivity index (χ0) is 22.1. The van der Waals surface area contributed by atoms with E-state index in [4.69, 9.17) is 36.1 Å². The summed E-state index contributed by atoms with van der Waals surface area (Å²) in [5.41, 5.74) is 0. The Labute approximate surface area is 164 Å². The summed E-state index contributed by atoms with van der Waals surface area (Å²) in [5.74, 6) is 0.366. The average molecular weight is 422 g/mol. The Morgan fingerprint density at radius 3 is 1.46 bits per heavy atom. The molecule has 0 aliphatic carbocycles. The van der Waals surface area contributed by atoms with Gasteiger partial charge in [-0.05, 0) is 6.42 Å². The maximum atomic E-state index is 10.9. The van der Waals surface area contributed by atoms with Gasteiger partial charge in [0.2, 0.25) is 0 Å². The second kappa shape index (κ2) is 37.7. The van der Waals surface area contributed by atoms with E-state index in [2.05, 4.69) is 44.4 Å². The average Bonchev–Trinajstić information content (AvgIpc) is 3.10. The fraction of sp³-hybridized carbons (Fsp3) is 0.308. The summed E-state index contributed by atoms with van der Waals surface area (Å²) in [7, 11) is -2.35. The van der Waals surface area contributed by atoms with Gasteiger partial charge in [-0.1, -0.05) is 6.92 Å². The monoisotopic (exact) mass is 422 g/mol. The number of aryl methyl sites for hydroxylation is 1. The molecule has 1 aromatic heterocycles. The van der Waals surface area contributed by atoms with Gasteiger partial charge in [-0.2, -0.15) is 8.42 Å². The van der Waals surface area contributed by atoms with Gasteiger partial charge in [0.15, 0.2) is 0 Å².